The molecule has 5 nitrogen and oxygen atoms in total. The molecule has 18 heavy (non-hydrogen) atoms. The summed E-state index contributed by atoms with van der Waals surface area (Å²) in [6.45, 7) is 6.92. The van der Waals surface area contributed by atoms with Crippen molar-refractivity contribution in [2.75, 3.05) is 13.1 Å². The van der Waals surface area contributed by atoms with Crippen molar-refractivity contribution in [1.29, 1.82) is 0 Å². The summed E-state index contributed by atoms with van der Waals surface area (Å²) in [4.78, 5) is 24.9. The first-order valence-electron chi connectivity index (χ1n) is 6.71. The SMILES string of the molecule is CC(NC(C)C(C)C(=O)O)C(=O)N1CCCCC1. The van der Waals surface area contributed by atoms with Gasteiger partial charge < -0.3 is 15.3 Å². The first-order valence-corrected chi connectivity index (χ1v) is 6.71. The number of hydrogen-bond acceptors (Lipinski definition) is 3. The molecule has 3 atom stereocenters. The van der Waals surface area contributed by atoms with Gasteiger partial charge in [0.05, 0.1) is 12.0 Å². The lowest BCUT2D eigenvalue weighted by Gasteiger charge is -2.31. The van der Waals surface area contributed by atoms with Crippen LogP contribution in [-0.2, 0) is 9.59 Å². The first kappa shape index (κ1) is 15.0. The molecule has 0 saturated carbocycles. The first-order chi connectivity index (χ1) is 8.43. The Morgan fingerprint density at radius 2 is 1.67 bits per heavy atom. The third-order valence-corrected chi connectivity index (χ3v) is 3.69. The van der Waals surface area contributed by atoms with E-state index in [2.05, 4.69) is 5.32 Å². The van der Waals surface area contributed by atoms with Crippen LogP contribution in [0.15, 0.2) is 0 Å². The molecule has 0 radical (unpaired) electrons. The summed E-state index contributed by atoms with van der Waals surface area (Å²) in [6, 6.07) is -0.536. The Morgan fingerprint density at radius 1 is 1.11 bits per heavy atom. The number of nitrogens with one attached hydrogen (secondary N) is 1. The molecule has 0 aromatic carbocycles. The van der Waals surface area contributed by atoms with Gasteiger partial charge in [0.15, 0.2) is 0 Å². The van der Waals surface area contributed by atoms with Crippen molar-refractivity contribution in [1.82, 2.24) is 10.2 Å². The highest BCUT2D eigenvalue weighted by Gasteiger charge is 2.26. The lowest BCUT2D eigenvalue weighted by Crippen LogP contribution is -2.51. The van der Waals surface area contributed by atoms with Gasteiger partial charge in [0.25, 0.3) is 0 Å². The molecule has 1 aliphatic heterocycles. The fourth-order valence-corrected chi connectivity index (χ4v) is 2.21. The predicted octanol–water partition coefficient (Wildman–Crippen LogP) is 1.09. The minimum absolute atomic E-state index is 0.0825. The van der Waals surface area contributed by atoms with Gasteiger partial charge in [-0.1, -0.05) is 6.92 Å². The van der Waals surface area contributed by atoms with Crippen molar-refractivity contribution in [2.24, 2.45) is 5.92 Å². The minimum atomic E-state index is -0.840. The van der Waals surface area contributed by atoms with Gasteiger partial charge in [0, 0.05) is 19.1 Å². The van der Waals surface area contributed by atoms with E-state index in [9.17, 15) is 9.59 Å². The van der Waals surface area contributed by atoms with Crippen LogP contribution in [0.5, 0.6) is 0 Å². The van der Waals surface area contributed by atoms with Gasteiger partial charge in [-0.05, 0) is 33.1 Å². The van der Waals surface area contributed by atoms with Crippen LogP contribution in [0.1, 0.15) is 40.0 Å². The summed E-state index contributed by atoms with van der Waals surface area (Å²) >= 11 is 0. The molecule has 0 aromatic rings. The maximum absolute atomic E-state index is 12.1. The van der Waals surface area contributed by atoms with Gasteiger partial charge in [-0.15, -0.1) is 0 Å². The molecule has 1 fully saturated rings. The Kier molecular flexibility index (Phi) is 5.59. The zero-order valence-electron chi connectivity index (χ0n) is 11.5. The Labute approximate surface area is 109 Å². The van der Waals surface area contributed by atoms with Crippen LogP contribution >= 0.6 is 0 Å². The molecule has 0 aliphatic carbocycles. The molecule has 104 valence electrons. The number of amides is 1. The van der Waals surface area contributed by atoms with E-state index in [-0.39, 0.29) is 18.0 Å². The molecule has 1 saturated heterocycles. The fourth-order valence-electron chi connectivity index (χ4n) is 2.21. The number of aliphatic carboxylic acids is 1. The Balaban J connectivity index is 2.45. The highest BCUT2D eigenvalue weighted by molar-refractivity contribution is 5.81. The number of piperidine rings is 1. The quantitative estimate of drug-likeness (QED) is 0.772. The number of nitrogens with zero attached hydrogens (tertiary/aromatic N) is 1. The number of carbonyl (C=O) groups is 2. The largest absolute Gasteiger partial charge is 0.481 e. The smallest absolute Gasteiger partial charge is 0.307 e. The summed E-state index contributed by atoms with van der Waals surface area (Å²) in [6.07, 6.45) is 3.33. The molecule has 1 amide bonds. The summed E-state index contributed by atoms with van der Waals surface area (Å²) in [7, 11) is 0. The van der Waals surface area contributed by atoms with Crippen LogP contribution < -0.4 is 5.32 Å². The van der Waals surface area contributed by atoms with E-state index in [1.165, 1.54) is 6.42 Å². The van der Waals surface area contributed by atoms with Crippen molar-refractivity contribution in [3.05, 3.63) is 0 Å². The van der Waals surface area contributed by atoms with Crippen molar-refractivity contribution in [3.63, 3.8) is 0 Å². The van der Waals surface area contributed by atoms with E-state index in [0.717, 1.165) is 25.9 Å². The number of likely N-dealkylation sites (tertiary alicyclic amines) is 1. The highest BCUT2D eigenvalue weighted by atomic mass is 16.4. The third kappa shape index (κ3) is 3.98. The predicted molar refractivity (Wildman–Crippen MR) is 69.3 cm³/mol. The van der Waals surface area contributed by atoms with Crippen molar-refractivity contribution < 1.29 is 14.7 Å². The zero-order chi connectivity index (χ0) is 13.7. The molecule has 1 rings (SSSR count). The van der Waals surface area contributed by atoms with E-state index in [4.69, 9.17) is 5.11 Å². The van der Waals surface area contributed by atoms with Gasteiger partial charge in [0.1, 0.15) is 0 Å². The van der Waals surface area contributed by atoms with Gasteiger partial charge in [0.2, 0.25) is 5.91 Å². The molecule has 5 heteroatoms. The van der Waals surface area contributed by atoms with Gasteiger partial charge >= 0.3 is 5.97 Å². The van der Waals surface area contributed by atoms with E-state index < -0.39 is 11.9 Å². The highest BCUT2D eigenvalue weighted by Crippen LogP contribution is 2.11. The third-order valence-electron chi connectivity index (χ3n) is 3.69. The Morgan fingerprint density at radius 3 is 2.17 bits per heavy atom. The molecule has 0 spiro atoms. The number of hydrogen-bond donors (Lipinski definition) is 2. The Hall–Kier alpha value is -1.10. The molecule has 1 aliphatic rings. The van der Waals surface area contributed by atoms with Gasteiger partial charge in [-0.2, -0.15) is 0 Å². The van der Waals surface area contributed by atoms with Crippen molar-refractivity contribution in [3.8, 4) is 0 Å². The summed E-state index contributed by atoms with van der Waals surface area (Å²) < 4.78 is 0. The number of rotatable bonds is 5. The van der Waals surface area contributed by atoms with Crippen LogP contribution in [0.4, 0.5) is 0 Å². The van der Waals surface area contributed by atoms with E-state index in [1.54, 1.807) is 13.8 Å². The molecule has 0 aromatic heterocycles. The average molecular weight is 256 g/mol. The van der Waals surface area contributed by atoms with Gasteiger partial charge in [-0.25, -0.2) is 0 Å². The van der Waals surface area contributed by atoms with E-state index >= 15 is 0 Å². The lowest BCUT2D eigenvalue weighted by atomic mass is 10.0. The standard InChI is InChI=1S/C13H24N2O3/c1-9(13(17)18)10(2)14-11(3)12(16)15-7-5-4-6-8-15/h9-11,14H,4-8H2,1-3H3,(H,17,18). The average Bonchev–Trinajstić information content (AvgIpc) is 2.37. The maximum atomic E-state index is 12.1. The second-order valence-corrected chi connectivity index (χ2v) is 5.19. The van der Waals surface area contributed by atoms with Crippen LogP contribution in [0.2, 0.25) is 0 Å². The normalized spacial score (nSPS) is 21.2. The van der Waals surface area contributed by atoms with Gasteiger partial charge in [-0.3, -0.25) is 9.59 Å². The number of carbonyl (C=O) groups excluding carboxylic acids is 1. The van der Waals surface area contributed by atoms with Crippen LogP contribution in [0.25, 0.3) is 0 Å². The van der Waals surface area contributed by atoms with E-state index in [0.29, 0.717) is 0 Å². The molecular weight excluding hydrogens is 232 g/mol. The summed E-state index contributed by atoms with van der Waals surface area (Å²) in [5.74, 6) is -1.26. The van der Waals surface area contributed by atoms with Crippen LogP contribution in [0.3, 0.4) is 0 Å². The molecule has 1 heterocycles. The molecule has 2 N–H and O–H groups in total. The lowest BCUT2D eigenvalue weighted by molar-refractivity contribution is -0.142. The maximum Gasteiger partial charge on any atom is 0.307 e. The summed E-state index contributed by atoms with van der Waals surface area (Å²) in [5, 5.41) is 12.0. The van der Waals surface area contributed by atoms with Crippen molar-refractivity contribution >= 4 is 11.9 Å². The summed E-state index contributed by atoms with van der Waals surface area (Å²) in [5.41, 5.74) is 0. The van der Waals surface area contributed by atoms with E-state index in [1.807, 2.05) is 11.8 Å². The fraction of sp³-hybridized carbons (Fsp3) is 0.846. The zero-order valence-corrected chi connectivity index (χ0v) is 11.5. The number of carboxylic acid groups (broad SMARTS) is 1. The monoisotopic (exact) mass is 256 g/mol. The molecule has 0 bridgehead atoms. The van der Waals surface area contributed by atoms with Crippen LogP contribution in [0, 0.1) is 5.92 Å². The Bertz CT molecular complexity index is 301. The topological polar surface area (TPSA) is 69.6 Å². The molecular formula is C13H24N2O3. The molecule has 3 unspecified atom stereocenters. The second kappa shape index (κ2) is 6.73. The number of carboxylic acids is 1. The minimum Gasteiger partial charge on any atom is -0.481 e. The van der Waals surface area contributed by atoms with Crippen molar-refractivity contribution in [2.45, 2.75) is 52.1 Å². The second-order valence-electron chi connectivity index (χ2n) is 5.19. The van der Waals surface area contributed by atoms with Crippen LogP contribution in [-0.4, -0.2) is 47.1 Å².